The zero-order chi connectivity index (χ0) is 27.3. The van der Waals surface area contributed by atoms with Crippen molar-refractivity contribution in [1.82, 2.24) is 19.3 Å². The number of hydrogen-bond acceptors (Lipinski definition) is 8. The predicted molar refractivity (Wildman–Crippen MR) is 148 cm³/mol. The van der Waals surface area contributed by atoms with Crippen molar-refractivity contribution < 1.29 is 22.4 Å². The van der Waals surface area contributed by atoms with Crippen molar-refractivity contribution in [3.05, 3.63) is 88.9 Å². The Labute approximate surface area is 230 Å². The van der Waals surface area contributed by atoms with Crippen LogP contribution in [0.1, 0.15) is 50.3 Å². The Morgan fingerprint density at radius 1 is 1.26 bits per heavy atom. The summed E-state index contributed by atoms with van der Waals surface area (Å²) in [6, 6.07) is 9.14. The van der Waals surface area contributed by atoms with Gasteiger partial charge in [-0.2, -0.15) is 0 Å². The average Bonchev–Trinajstić information content (AvgIpc) is 3.38. The summed E-state index contributed by atoms with van der Waals surface area (Å²) in [6.45, 7) is 3.78. The molecule has 3 aromatic heterocycles. The van der Waals surface area contributed by atoms with Gasteiger partial charge in [0.15, 0.2) is 12.2 Å². The first kappa shape index (κ1) is 25.6. The summed E-state index contributed by atoms with van der Waals surface area (Å²) in [7, 11) is -4.16. The van der Waals surface area contributed by atoms with Gasteiger partial charge in [-0.05, 0) is 38.3 Å². The van der Waals surface area contributed by atoms with Crippen LogP contribution in [0.2, 0.25) is 0 Å². The fraction of sp³-hybridized carbons (Fsp3) is 0.321. The highest BCUT2D eigenvalue weighted by molar-refractivity contribution is 7.91. The molecule has 1 fully saturated rings. The maximum absolute atomic E-state index is 14.8. The number of allylic oxidation sites excluding steroid dienone is 3. The molecule has 11 heteroatoms. The number of nitrogens with zero attached hydrogens (tertiary/aromatic N) is 3. The lowest BCUT2D eigenvalue weighted by atomic mass is 9.93. The number of carbonyl (C=O) groups excluding carboxylic acids is 1. The van der Waals surface area contributed by atoms with E-state index in [0.29, 0.717) is 28.2 Å². The van der Waals surface area contributed by atoms with Crippen LogP contribution in [0.4, 0.5) is 0 Å². The molecule has 2 aliphatic carbocycles. The lowest BCUT2D eigenvalue weighted by Gasteiger charge is -2.35. The van der Waals surface area contributed by atoms with Gasteiger partial charge in [0.1, 0.15) is 17.1 Å². The number of thiazole rings is 1. The van der Waals surface area contributed by atoms with Crippen LogP contribution in [-0.4, -0.2) is 33.0 Å². The van der Waals surface area contributed by atoms with E-state index < -0.39 is 14.8 Å². The van der Waals surface area contributed by atoms with Crippen molar-refractivity contribution >= 4 is 43.7 Å². The van der Waals surface area contributed by atoms with E-state index in [9.17, 15) is 13.2 Å². The van der Waals surface area contributed by atoms with Crippen molar-refractivity contribution in [3.8, 4) is 0 Å². The minimum absolute atomic E-state index is 0.0664. The number of para-hydroxylation sites is 1. The normalized spacial score (nSPS) is 20.4. The molecular formula is C28H28N4O5S2. The first-order valence-corrected chi connectivity index (χ1v) is 15.0. The maximum atomic E-state index is 14.8. The number of benzene rings is 1. The number of fused-ring (bicyclic) bond motifs is 1. The van der Waals surface area contributed by atoms with Crippen molar-refractivity contribution in [2.75, 3.05) is 0 Å². The molecule has 0 bridgehead atoms. The van der Waals surface area contributed by atoms with Crippen LogP contribution in [-0.2, 0) is 32.7 Å². The topological polar surface area (TPSA) is 116 Å². The van der Waals surface area contributed by atoms with Gasteiger partial charge >= 0.3 is 0 Å². The van der Waals surface area contributed by atoms with Crippen LogP contribution in [0.5, 0.6) is 0 Å². The maximum Gasteiger partial charge on any atom is 0.252 e. The number of rotatable bonds is 9. The Kier molecular flexibility index (Phi) is 6.22. The molecule has 3 heterocycles. The Bertz CT molecular complexity index is 1700. The third-order valence-corrected chi connectivity index (χ3v) is 10.6. The predicted octanol–water partition coefficient (Wildman–Crippen LogP) is 5.03. The van der Waals surface area contributed by atoms with Gasteiger partial charge in [-0.15, -0.1) is 11.3 Å². The van der Waals surface area contributed by atoms with E-state index in [4.69, 9.17) is 9.15 Å². The molecule has 4 aromatic rings. The zero-order valence-corrected chi connectivity index (χ0v) is 23.2. The Morgan fingerprint density at radius 2 is 2.08 bits per heavy atom. The third kappa shape index (κ3) is 4.39. The highest BCUT2D eigenvalue weighted by Gasteiger charge is 2.49. The fourth-order valence-corrected chi connectivity index (χ4v) is 7.41. The van der Waals surface area contributed by atoms with E-state index >= 15 is 0 Å². The average molecular weight is 565 g/mol. The molecule has 0 radical (unpaired) electrons. The SMILES string of the molecule is CC1(C(=O)NCc2cc3ccccc3n2S(=O)(=O)C2(C)CC=CC(c3cnco3)=C2OCc2cscn2)CC1. The Balaban J connectivity index is 1.46. The van der Waals surface area contributed by atoms with Gasteiger partial charge in [0.05, 0.1) is 40.7 Å². The summed E-state index contributed by atoms with van der Waals surface area (Å²) in [5.74, 6) is 0.597. The molecule has 1 N–H and O–H groups in total. The van der Waals surface area contributed by atoms with Crippen LogP contribution in [0.25, 0.3) is 16.5 Å². The molecule has 1 aromatic carbocycles. The third-order valence-electron chi connectivity index (χ3n) is 7.59. The molecule has 39 heavy (non-hydrogen) atoms. The number of carbonyl (C=O) groups is 1. The Hall–Kier alpha value is -3.70. The van der Waals surface area contributed by atoms with Gasteiger partial charge < -0.3 is 14.5 Å². The van der Waals surface area contributed by atoms with Crippen molar-refractivity contribution in [1.29, 1.82) is 0 Å². The highest BCUT2D eigenvalue weighted by Crippen LogP contribution is 2.45. The highest BCUT2D eigenvalue weighted by atomic mass is 32.2. The number of aromatic nitrogens is 3. The summed E-state index contributed by atoms with van der Waals surface area (Å²) in [5, 5.41) is 5.59. The summed E-state index contributed by atoms with van der Waals surface area (Å²) >= 11 is 1.44. The molecule has 1 atom stereocenters. The smallest absolute Gasteiger partial charge is 0.252 e. The summed E-state index contributed by atoms with van der Waals surface area (Å²) in [6.07, 6.45) is 8.30. The number of hydrogen-bond donors (Lipinski definition) is 1. The van der Waals surface area contributed by atoms with Crippen LogP contribution < -0.4 is 5.32 Å². The number of amides is 1. The van der Waals surface area contributed by atoms with Gasteiger partial charge in [-0.3, -0.25) is 4.79 Å². The second-order valence-corrected chi connectivity index (χ2v) is 13.4. The van der Waals surface area contributed by atoms with Crippen LogP contribution in [0.3, 0.4) is 0 Å². The van der Waals surface area contributed by atoms with Gasteiger partial charge in [-0.25, -0.2) is 22.4 Å². The molecule has 0 aliphatic heterocycles. The first-order valence-electron chi connectivity index (χ1n) is 12.7. The monoisotopic (exact) mass is 564 g/mol. The first-order chi connectivity index (χ1) is 18.7. The van der Waals surface area contributed by atoms with Gasteiger partial charge in [0, 0.05) is 16.2 Å². The quantitative estimate of drug-likeness (QED) is 0.303. The Morgan fingerprint density at radius 3 is 2.79 bits per heavy atom. The molecule has 1 saturated carbocycles. The molecule has 202 valence electrons. The lowest BCUT2D eigenvalue weighted by molar-refractivity contribution is -0.125. The minimum Gasteiger partial charge on any atom is -0.489 e. The van der Waals surface area contributed by atoms with Gasteiger partial charge in [0.2, 0.25) is 5.91 Å². The zero-order valence-electron chi connectivity index (χ0n) is 21.6. The number of nitrogens with one attached hydrogen (secondary N) is 1. The van der Waals surface area contributed by atoms with Gasteiger partial charge in [-0.1, -0.05) is 37.3 Å². The largest absolute Gasteiger partial charge is 0.489 e. The minimum atomic E-state index is -4.16. The fourth-order valence-electron chi connectivity index (χ4n) is 4.90. The summed E-state index contributed by atoms with van der Waals surface area (Å²) in [4.78, 5) is 21.1. The van der Waals surface area contributed by atoms with Crippen molar-refractivity contribution in [3.63, 3.8) is 0 Å². The molecule has 1 amide bonds. The molecule has 0 spiro atoms. The van der Waals surface area contributed by atoms with E-state index in [-0.39, 0.29) is 36.7 Å². The molecule has 6 rings (SSSR count). The number of oxazole rings is 1. The lowest BCUT2D eigenvalue weighted by Crippen LogP contribution is -2.44. The second-order valence-electron chi connectivity index (χ2n) is 10.4. The number of ether oxygens (including phenoxy) is 1. The molecule has 0 saturated heterocycles. The molecule has 2 aliphatic rings. The van der Waals surface area contributed by atoms with Crippen LogP contribution in [0, 0.1) is 5.41 Å². The van der Waals surface area contributed by atoms with Crippen LogP contribution >= 0.6 is 11.3 Å². The summed E-state index contributed by atoms with van der Waals surface area (Å²) in [5.41, 5.74) is 3.55. The van der Waals surface area contributed by atoms with E-state index in [1.807, 2.05) is 36.6 Å². The van der Waals surface area contributed by atoms with E-state index in [2.05, 4.69) is 15.3 Å². The van der Waals surface area contributed by atoms with E-state index in [0.717, 1.165) is 18.2 Å². The van der Waals surface area contributed by atoms with Crippen LogP contribution in [0.15, 0.2) is 76.1 Å². The van der Waals surface area contributed by atoms with Crippen molar-refractivity contribution in [2.45, 2.75) is 51.0 Å². The molecular weight excluding hydrogens is 536 g/mol. The van der Waals surface area contributed by atoms with Gasteiger partial charge in [0.25, 0.3) is 10.0 Å². The molecule has 9 nitrogen and oxygen atoms in total. The van der Waals surface area contributed by atoms with Crippen molar-refractivity contribution in [2.24, 2.45) is 5.41 Å². The van der Waals surface area contributed by atoms with E-state index in [1.54, 1.807) is 30.6 Å². The van der Waals surface area contributed by atoms with E-state index in [1.165, 1.54) is 27.9 Å². The second kappa shape index (κ2) is 9.49. The molecule has 1 unspecified atom stereocenters. The summed E-state index contributed by atoms with van der Waals surface area (Å²) < 4.78 is 41.3. The standard InChI is InChI=1S/C28H28N4O5S2/c1-27(10-11-27)26(33)30-13-21-12-19-6-3-4-8-23(19)32(21)39(34,35)28(2)9-5-7-22(24-14-29-17-37-24)25(28)36-15-20-16-38-18-31-20/h3-8,12,14,16-18H,9-11,13,15H2,1-2H3,(H,30,33).